The maximum Gasteiger partial charge on any atom is 0.165 e. The SMILES string of the molecule is CC1CC2CCCC(c3ccc(-n4c5ccccc5c5ccc(-c6nc(-c7cc(-c8ccccc8)cc(-c8ccccc8)c7)nc(-c7cccc8c7sc7ccccc78)n6)cc54)cc3)(C1)C2. The normalized spacial score (nSPS) is 18.4. The molecule has 2 aliphatic carbocycles. The molecule has 0 radical (unpaired) electrons. The Labute approximate surface area is 389 Å². The lowest BCUT2D eigenvalue weighted by atomic mass is 9.57. The van der Waals surface area contributed by atoms with Crippen molar-refractivity contribution >= 4 is 53.3 Å². The highest BCUT2D eigenvalue weighted by Gasteiger charge is 2.43. The number of thiophene rings is 1. The highest BCUT2D eigenvalue weighted by Crippen LogP contribution is 2.52. The quantitative estimate of drug-likeness (QED) is 0.160. The molecule has 3 heterocycles. The second-order valence-electron chi connectivity index (χ2n) is 19.0. The maximum absolute atomic E-state index is 5.42. The van der Waals surface area contributed by atoms with Crippen LogP contribution in [-0.2, 0) is 5.41 Å². The molecule has 2 aliphatic rings. The third-order valence-corrected chi connectivity index (χ3v) is 16.0. The first-order chi connectivity index (χ1) is 32.5. The lowest BCUT2D eigenvalue weighted by molar-refractivity contribution is 0.110. The third kappa shape index (κ3) is 6.67. The summed E-state index contributed by atoms with van der Waals surface area (Å²) in [5, 5.41) is 4.91. The van der Waals surface area contributed by atoms with Gasteiger partial charge in [0.15, 0.2) is 17.5 Å². The second kappa shape index (κ2) is 15.7. The number of benzene rings is 8. The fraction of sp³-hybridized carbons (Fsp3) is 0.164. The number of hydrogen-bond acceptors (Lipinski definition) is 4. The highest BCUT2D eigenvalue weighted by atomic mass is 32.1. The first kappa shape index (κ1) is 39.2. The summed E-state index contributed by atoms with van der Waals surface area (Å²) in [6.45, 7) is 2.48. The average Bonchev–Trinajstić information content (AvgIpc) is 3.92. The van der Waals surface area contributed by atoms with E-state index in [1.54, 1.807) is 11.3 Å². The van der Waals surface area contributed by atoms with Crippen LogP contribution in [0.1, 0.15) is 51.0 Å². The molecule has 5 heteroatoms. The topological polar surface area (TPSA) is 43.6 Å². The van der Waals surface area contributed by atoms with E-state index in [4.69, 9.17) is 15.0 Å². The first-order valence-corrected chi connectivity index (χ1v) is 24.4. The molecular formula is C61H48N4S. The number of nitrogens with zero attached hydrogens (tertiary/aromatic N) is 4. The van der Waals surface area contributed by atoms with Gasteiger partial charge in [-0.3, -0.25) is 0 Å². The zero-order valence-electron chi connectivity index (χ0n) is 37.0. The van der Waals surface area contributed by atoms with Crippen LogP contribution in [0.2, 0.25) is 0 Å². The monoisotopic (exact) mass is 868 g/mol. The molecule has 66 heavy (non-hydrogen) atoms. The van der Waals surface area contributed by atoms with Crippen LogP contribution in [0.15, 0.2) is 188 Å². The van der Waals surface area contributed by atoms with Crippen molar-refractivity contribution in [2.45, 2.75) is 50.9 Å². The van der Waals surface area contributed by atoms with Gasteiger partial charge < -0.3 is 4.57 Å². The van der Waals surface area contributed by atoms with Crippen LogP contribution in [0.25, 0.3) is 104 Å². The minimum Gasteiger partial charge on any atom is -0.309 e. The van der Waals surface area contributed by atoms with Crippen molar-refractivity contribution in [1.29, 1.82) is 0 Å². The first-order valence-electron chi connectivity index (χ1n) is 23.6. The van der Waals surface area contributed by atoms with Crippen LogP contribution in [0, 0.1) is 11.8 Å². The summed E-state index contributed by atoms with van der Waals surface area (Å²) in [5.74, 6) is 3.60. The van der Waals surface area contributed by atoms with Gasteiger partial charge in [-0.25, -0.2) is 15.0 Å². The summed E-state index contributed by atoms with van der Waals surface area (Å²) in [6, 6.07) is 68.4. The van der Waals surface area contributed by atoms with Crippen molar-refractivity contribution in [3.05, 3.63) is 194 Å². The standard InChI is InChI=1S/C61H48N4S/c1-39-32-40-14-13-31-61(37-39,38-40)47-26-28-48(29-27-47)65-54-23-10-8-19-49(54)50-30-25-43(36-55(50)65)58-62-59(64-60(63-58)53-22-12-21-52-51-20-9-11-24-56(51)66-57(52)53)46-34-44(41-15-4-2-5-16-41)33-45(35-46)42-17-6-3-7-18-42/h2-12,15-30,33-36,39-40H,13-14,31-32,37-38H2,1H3. The van der Waals surface area contributed by atoms with E-state index >= 15 is 0 Å². The van der Waals surface area contributed by atoms with Crippen LogP contribution >= 0.6 is 11.3 Å². The maximum atomic E-state index is 5.42. The highest BCUT2D eigenvalue weighted by molar-refractivity contribution is 7.26. The summed E-state index contributed by atoms with van der Waals surface area (Å²) in [7, 11) is 0. The molecule has 0 spiro atoms. The predicted molar refractivity (Wildman–Crippen MR) is 276 cm³/mol. The molecule has 0 N–H and O–H groups in total. The largest absolute Gasteiger partial charge is 0.309 e. The number of aromatic nitrogens is 4. The molecule has 4 nitrogen and oxygen atoms in total. The third-order valence-electron chi connectivity index (χ3n) is 14.8. The van der Waals surface area contributed by atoms with Gasteiger partial charge in [0.1, 0.15) is 0 Å². The minimum absolute atomic E-state index is 0.309. The van der Waals surface area contributed by atoms with Gasteiger partial charge in [-0.2, -0.15) is 0 Å². The van der Waals surface area contributed by atoms with Crippen LogP contribution in [0.5, 0.6) is 0 Å². The zero-order valence-corrected chi connectivity index (χ0v) is 37.8. The van der Waals surface area contributed by atoms with Crippen molar-refractivity contribution in [2.75, 3.05) is 0 Å². The molecule has 8 aromatic carbocycles. The van der Waals surface area contributed by atoms with Gasteiger partial charge in [-0.1, -0.05) is 153 Å². The Hall–Kier alpha value is -7.21. The zero-order chi connectivity index (χ0) is 43.8. The van der Waals surface area contributed by atoms with E-state index in [1.807, 2.05) is 0 Å². The van der Waals surface area contributed by atoms with E-state index in [0.717, 1.165) is 56.3 Å². The molecule has 3 unspecified atom stereocenters. The van der Waals surface area contributed by atoms with E-state index in [1.165, 1.54) is 86.2 Å². The fourth-order valence-corrected chi connectivity index (χ4v) is 13.2. The molecule has 318 valence electrons. The van der Waals surface area contributed by atoms with Gasteiger partial charge in [0.25, 0.3) is 0 Å². The molecule has 3 aromatic heterocycles. The lowest BCUT2D eigenvalue weighted by Gasteiger charge is -2.48. The molecule has 2 bridgehead atoms. The Bertz CT molecular complexity index is 3560. The molecule has 11 aromatic rings. The van der Waals surface area contributed by atoms with E-state index in [9.17, 15) is 0 Å². The van der Waals surface area contributed by atoms with Crippen LogP contribution < -0.4 is 0 Å². The van der Waals surface area contributed by atoms with Gasteiger partial charge >= 0.3 is 0 Å². The number of fused-ring (bicyclic) bond motifs is 8. The van der Waals surface area contributed by atoms with Crippen LogP contribution in [0.3, 0.4) is 0 Å². The van der Waals surface area contributed by atoms with Crippen molar-refractivity contribution in [3.8, 4) is 62.1 Å². The van der Waals surface area contributed by atoms with Crippen LogP contribution in [0.4, 0.5) is 0 Å². The summed E-state index contributed by atoms with van der Waals surface area (Å²) >= 11 is 1.80. The summed E-state index contributed by atoms with van der Waals surface area (Å²) in [6.07, 6.45) is 8.09. The number of para-hydroxylation sites is 1. The van der Waals surface area contributed by atoms with Crippen LogP contribution in [-0.4, -0.2) is 19.5 Å². The molecule has 2 fully saturated rings. The van der Waals surface area contributed by atoms with Gasteiger partial charge in [0.05, 0.1) is 11.0 Å². The molecule has 13 rings (SSSR count). The number of rotatable bonds is 7. The Morgan fingerprint density at radius 3 is 1.91 bits per heavy atom. The van der Waals surface area contributed by atoms with E-state index in [0.29, 0.717) is 22.9 Å². The van der Waals surface area contributed by atoms with Crippen molar-refractivity contribution < 1.29 is 0 Å². The van der Waals surface area contributed by atoms with E-state index in [-0.39, 0.29) is 0 Å². The average molecular weight is 869 g/mol. The molecule has 3 atom stereocenters. The summed E-state index contributed by atoms with van der Waals surface area (Å²) < 4.78 is 4.87. The van der Waals surface area contributed by atoms with E-state index < -0.39 is 0 Å². The van der Waals surface area contributed by atoms with Crippen molar-refractivity contribution in [3.63, 3.8) is 0 Å². The van der Waals surface area contributed by atoms with Crippen molar-refractivity contribution in [2.24, 2.45) is 11.8 Å². The molecule has 2 saturated carbocycles. The second-order valence-corrected chi connectivity index (χ2v) is 20.1. The Kier molecular flexibility index (Phi) is 9.35. The van der Waals surface area contributed by atoms with Crippen molar-refractivity contribution in [1.82, 2.24) is 19.5 Å². The minimum atomic E-state index is 0.309. The summed E-state index contributed by atoms with van der Waals surface area (Å²) in [5.41, 5.74) is 12.7. The number of hydrogen-bond donors (Lipinski definition) is 0. The predicted octanol–water partition coefficient (Wildman–Crippen LogP) is 16.5. The summed E-state index contributed by atoms with van der Waals surface area (Å²) in [4.78, 5) is 16.2. The van der Waals surface area contributed by atoms with Gasteiger partial charge in [-0.15, -0.1) is 11.3 Å². The molecular weight excluding hydrogens is 821 g/mol. The molecule has 0 saturated heterocycles. The molecule has 0 aliphatic heterocycles. The lowest BCUT2D eigenvalue weighted by Crippen LogP contribution is -2.39. The van der Waals surface area contributed by atoms with Gasteiger partial charge in [0, 0.05) is 53.3 Å². The van der Waals surface area contributed by atoms with E-state index in [2.05, 4.69) is 200 Å². The smallest absolute Gasteiger partial charge is 0.165 e. The Balaban J connectivity index is 1.01. The molecule has 0 amide bonds. The Morgan fingerprint density at radius 2 is 1.14 bits per heavy atom. The van der Waals surface area contributed by atoms with Gasteiger partial charge in [0.2, 0.25) is 0 Å². The fourth-order valence-electron chi connectivity index (χ4n) is 12.0. The Morgan fingerprint density at radius 1 is 0.500 bits per heavy atom. The van der Waals surface area contributed by atoms with Gasteiger partial charge in [-0.05, 0) is 125 Å².